The Morgan fingerprint density at radius 3 is 2.32 bits per heavy atom. The maximum absolute atomic E-state index is 9.35. The largest absolute Gasteiger partial charge is 0.395 e. The summed E-state index contributed by atoms with van der Waals surface area (Å²) < 4.78 is 0. The molecule has 1 aromatic carbocycles. The molecule has 0 atom stereocenters. The number of fused-ring (bicyclic) bond motifs is 1. The van der Waals surface area contributed by atoms with E-state index in [1.54, 1.807) is 0 Å². The van der Waals surface area contributed by atoms with Gasteiger partial charge in [-0.05, 0) is 39.8 Å². The highest BCUT2D eigenvalue weighted by molar-refractivity contribution is 5.76. The average Bonchev–Trinajstić information content (AvgIpc) is 2.44. The SMILES string of the molecule is Cc1nc2ccccc2nc1N(CCO)CCNC(C)(C)C. The maximum Gasteiger partial charge on any atom is 0.150 e. The van der Waals surface area contributed by atoms with Gasteiger partial charge in [-0.1, -0.05) is 12.1 Å². The van der Waals surface area contributed by atoms with Crippen molar-refractivity contribution < 1.29 is 5.11 Å². The number of nitrogens with one attached hydrogen (secondary N) is 1. The third-order valence-electron chi connectivity index (χ3n) is 3.43. The number of nitrogens with zero attached hydrogens (tertiary/aromatic N) is 3. The van der Waals surface area contributed by atoms with E-state index in [4.69, 9.17) is 4.98 Å². The van der Waals surface area contributed by atoms with Gasteiger partial charge in [-0.25, -0.2) is 9.97 Å². The summed E-state index contributed by atoms with van der Waals surface area (Å²) in [6.45, 7) is 10.7. The predicted octanol–water partition coefficient (Wildman–Crippen LogP) is 2.13. The first-order valence-corrected chi connectivity index (χ1v) is 7.75. The number of aliphatic hydroxyl groups is 1. The molecule has 120 valence electrons. The van der Waals surface area contributed by atoms with Gasteiger partial charge < -0.3 is 15.3 Å². The lowest BCUT2D eigenvalue weighted by Crippen LogP contribution is -2.42. The van der Waals surface area contributed by atoms with Crippen LogP contribution >= 0.6 is 0 Å². The van der Waals surface area contributed by atoms with Crippen LogP contribution in [-0.2, 0) is 0 Å². The monoisotopic (exact) mass is 302 g/mol. The number of anilines is 1. The summed E-state index contributed by atoms with van der Waals surface area (Å²) in [5.41, 5.74) is 2.76. The van der Waals surface area contributed by atoms with E-state index in [2.05, 4.69) is 36.0 Å². The molecule has 0 fully saturated rings. The number of rotatable bonds is 6. The van der Waals surface area contributed by atoms with E-state index in [1.165, 1.54) is 0 Å². The second-order valence-electron chi connectivity index (χ2n) is 6.51. The van der Waals surface area contributed by atoms with E-state index in [-0.39, 0.29) is 12.1 Å². The minimum Gasteiger partial charge on any atom is -0.395 e. The van der Waals surface area contributed by atoms with Crippen LogP contribution < -0.4 is 10.2 Å². The van der Waals surface area contributed by atoms with E-state index in [9.17, 15) is 5.11 Å². The van der Waals surface area contributed by atoms with E-state index < -0.39 is 0 Å². The molecule has 0 saturated carbocycles. The molecule has 5 heteroatoms. The van der Waals surface area contributed by atoms with Gasteiger partial charge in [-0.3, -0.25) is 0 Å². The summed E-state index contributed by atoms with van der Waals surface area (Å²) in [7, 11) is 0. The summed E-state index contributed by atoms with van der Waals surface area (Å²) in [4.78, 5) is 11.5. The van der Waals surface area contributed by atoms with Crippen LogP contribution in [0, 0.1) is 6.92 Å². The minimum atomic E-state index is 0.0784. The zero-order valence-corrected chi connectivity index (χ0v) is 13.9. The van der Waals surface area contributed by atoms with Crippen molar-refractivity contribution in [3.8, 4) is 0 Å². The number of benzene rings is 1. The quantitative estimate of drug-likeness (QED) is 0.856. The molecule has 2 aromatic rings. The number of hydrogen-bond donors (Lipinski definition) is 2. The van der Waals surface area contributed by atoms with Crippen LogP contribution in [-0.4, -0.2) is 46.9 Å². The Morgan fingerprint density at radius 2 is 1.73 bits per heavy atom. The van der Waals surface area contributed by atoms with E-state index in [0.717, 1.165) is 35.6 Å². The molecule has 5 nitrogen and oxygen atoms in total. The molecule has 0 aliphatic heterocycles. The lowest BCUT2D eigenvalue weighted by atomic mass is 10.1. The van der Waals surface area contributed by atoms with Gasteiger partial charge in [0.05, 0.1) is 23.3 Å². The smallest absolute Gasteiger partial charge is 0.150 e. The molecule has 1 heterocycles. The normalized spacial score (nSPS) is 11.9. The molecule has 0 bridgehead atoms. The Hall–Kier alpha value is -1.72. The Morgan fingerprint density at radius 1 is 1.09 bits per heavy atom. The standard InChI is InChI=1S/C17H26N4O/c1-13-16(20-15-8-6-5-7-14(15)19-13)21(11-12-22)10-9-18-17(2,3)4/h5-8,18,22H,9-12H2,1-4H3. The number of aromatic nitrogens is 2. The van der Waals surface area contributed by atoms with Crippen molar-refractivity contribution in [3.63, 3.8) is 0 Å². The summed E-state index contributed by atoms with van der Waals surface area (Å²) in [5.74, 6) is 0.850. The lowest BCUT2D eigenvalue weighted by molar-refractivity contribution is 0.300. The van der Waals surface area contributed by atoms with Crippen LogP contribution in [0.2, 0.25) is 0 Å². The van der Waals surface area contributed by atoms with Crippen molar-refractivity contribution in [1.82, 2.24) is 15.3 Å². The summed E-state index contributed by atoms with van der Waals surface area (Å²) in [5, 5.41) is 12.8. The topological polar surface area (TPSA) is 61.3 Å². The number of para-hydroxylation sites is 2. The van der Waals surface area contributed by atoms with Crippen molar-refractivity contribution in [1.29, 1.82) is 0 Å². The average molecular weight is 302 g/mol. The summed E-state index contributed by atoms with van der Waals surface area (Å²) in [6.07, 6.45) is 0. The zero-order chi connectivity index (χ0) is 16.2. The molecule has 1 aromatic heterocycles. The fraction of sp³-hybridized carbons (Fsp3) is 0.529. The van der Waals surface area contributed by atoms with Crippen LogP contribution in [0.15, 0.2) is 24.3 Å². The zero-order valence-electron chi connectivity index (χ0n) is 13.9. The van der Waals surface area contributed by atoms with Gasteiger partial charge in [0.2, 0.25) is 0 Å². The number of aliphatic hydroxyl groups excluding tert-OH is 1. The molecular formula is C17H26N4O. The molecule has 0 aliphatic carbocycles. The molecule has 0 spiro atoms. The molecule has 0 aliphatic rings. The van der Waals surface area contributed by atoms with Gasteiger partial charge >= 0.3 is 0 Å². The molecule has 0 radical (unpaired) electrons. The summed E-state index contributed by atoms with van der Waals surface area (Å²) in [6, 6.07) is 7.87. The fourth-order valence-corrected chi connectivity index (χ4v) is 2.39. The van der Waals surface area contributed by atoms with Gasteiger partial charge in [-0.2, -0.15) is 0 Å². The van der Waals surface area contributed by atoms with Crippen LogP contribution in [0.1, 0.15) is 26.5 Å². The third-order valence-corrected chi connectivity index (χ3v) is 3.43. The number of aryl methyl sites for hydroxylation is 1. The van der Waals surface area contributed by atoms with Crippen LogP contribution in [0.3, 0.4) is 0 Å². The summed E-state index contributed by atoms with van der Waals surface area (Å²) >= 11 is 0. The molecule has 0 unspecified atom stereocenters. The van der Waals surface area contributed by atoms with E-state index in [1.807, 2.05) is 31.2 Å². The molecule has 0 saturated heterocycles. The number of hydrogen-bond acceptors (Lipinski definition) is 5. The highest BCUT2D eigenvalue weighted by Gasteiger charge is 2.14. The van der Waals surface area contributed by atoms with Gasteiger partial charge in [0.25, 0.3) is 0 Å². The van der Waals surface area contributed by atoms with Crippen LogP contribution in [0.4, 0.5) is 5.82 Å². The van der Waals surface area contributed by atoms with Gasteiger partial charge in [0.15, 0.2) is 5.82 Å². The Bertz CT molecular complexity index is 622. The van der Waals surface area contributed by atoms with E-state index in [0.29, 0.717) is 6.54 Å². The first kappa shape index (κ1) is 16.6. The Labute approximate surface area is 132 Å². The van der Waals surface area contributed by atoms with Gasteiger partial charge in [-0.15, -0.1) is 0 Å². The first-order chi connectivity index (χ1) is 10.4. The van der Waals surface area contributed by atoms with Crippen molar-refractivity contribution >= 4 is 16.9 Å². The first-order valence-electron chi connectivity index (χ1n) is 7.75. The van der Waals surface area contributed by atoms with Crippen molar-refractivity contribution in [2.45, 2.75) is 33.2 Å². The van der Waals surface area contributed by atoms with Crippen molar-refractivity contribution in [2.24, 2.45) is 0 Å². The highest BCUT2D eigenvalue weighted by Crippen LogP contribution is 2.19. The third kappa shape index (κ3) is 4.39. The molecular weight excluding hydrogens is 276 g/mol. The molecule has 2 rings (SSSR count). The van der Waals surface area contributed by atoms with E-state index >= 15 is 0 Å². The lowest BCUT2D eigenvalue weighted by Gasteiger charge is -2.27. The Kier molecular flexibility index (Phi) is 5.32. The fourth-order valence-electron chi connectivity index (χ4n) is 2.39. The van der Waals surface area contributed by atoms with Crippen molar-refractivity contribution in [3.05, 3.63) is 30.0 Å². The highest BCUT2D eigenvalue weighted by atomic mass is 16.3. The van der Waals surface area contributed by atoms with Crippen LogP contribution in [0.5, 0.6) is 0 Å². The Balaban J connectivity index is 2.21. The van der Waals surface area contributed by atoms with Crippen molar-refractivity contribution in [2.75, 3.05) is 31.1 Å². The maximum atomic E-state index is 9.35. The van der Waals surface area contributed by atoms with Crippen LogP contribution in [0.25, 0.3) is 11.0 Å². The minimum absolute atomic E-state index is 0.0784. The van der Waals surface area contributed by atoms with Gasteiger partial charge in [0, 0.05) is 25.2 Å². The molecule has 2 N–H and O–H groups in total. The predicted molar refractivity (Wildman–Crippen MR) is 91.3 cm³/mol. The molecule has 0 amide bonds. The molecule has 22 heavy (non-hydrogen) atoms. The second kappa shape index (κ2) is 7.03. The van der Waals surface area contributed by atoms with Gasteiger partial charge in [0.1, 0.15) is 0 Å². The second-order valence-corrected chi connectivity index (χ2v) is 6.51.